The molecule has 13 heavy (non-hydrogen) atoms. The maximum atomic E-state index is 10.8. The molecule has 0 aliphatic carbocycles. The van der Waals surface area contributed by atoms with E-state index in [0.29, 0.717) is 12.1 Å². The first-order valence-electron chi connectivity index (χ1n) is 4.00. The first-order chi connectivity index (χ1) is 6.15. The van der Waals surface area contributed by atoms with E-state index < -0.39 is 5.91 Å². The zero-order valence-electron chi connectivity index (χ0n) is 7.23. The highest BCUT2D eigenvalue weighted by Gasteiger charge is 2.05. The van der Waals surface area contributed by atoms with Crippen molar-refractivity contribution in [2.45, 2.75) is 6.04 Å². The highest BCUT2D eigenvalue weighted by molar-refractivity contribution is 5.92. The van der Waals surface area contributed by atoms with Crippen molar-refractivity contribution < 1.29 is 4.79 Å². The van der Waals surface area contributed by atoms with E-state index in [0.717, 1.165) is 5.56 Å². The van der Waals surface area contributed by atoms with Gasteiger partial charge in [0.05, 0.1) is 0 Å². The van der Waals surface area contributed by atoms with Gasteiger partial charge in [-0.3, -0.25) is 4.79 Å². The fourth-order valence-electron chi connectivity index (χ4n) is 1.06. The fourth-order valence-corrected chi connectivity index (χ4v) is 1.06. The molecule has 0 saturated heterocycles. The van der Waals surface area contributed by atoms with Crippen LogP contribution in [0.1, 0.15) is 22.0 Å². The van der Waals surface area contributed by atoms with Crippen molar-refractivity contribution in [1.29, 1.82) is 0 Å². The third-order valence-corrected chi connectivity index (χ3v) is 1.85. The van der Waals surface area contributed by atoms with Crippen LogP contribution in [0.15, 0.2) is 24.3 Å². The molecule has 0 fully saturated rings. The fraction of sp³-hybridized carbons (Fsp3) is 0.222. The Morgan fingerprint density at radius 1 is 1.46 bits per heavy atom. The van der Waals surface area contributed by atoms with Gasteiger partial charge in [-0.25, -0.2) is 0 Å². The summed E-state index contributed by atoms with van der Waals surface area (Å²) in [4.78, 5) is 10.8. The molecular formula is C9H13N3O. The Morgan fingerprint density at radius 3 is 2.69 bits per heavy atom. The van der Waals surface area contributed by atoms with Crippen LogP contribution < -0.4 is 17.2 Å². The number of carbonyl (C=O) groups is 1. The minimum atomic E-state index is -0.453. The summed E-state index contributed by atoms with van der Waals surface area (Å²) in [6.45, 7) is 0.349. The third-order valence-electron chi connectivity index (χ3n) is 1.85. The molecular weight excluding hydrogens is 166 g/mol. The first-order valence-corrected chi connectivity index (χ1v) is 4.00. The summed E-state index contributed by atoms with van der Waals surface area (Å²) >= 11 is 0. The Kier molecular flexibility index (Phi) is 3.00. The molecule has 1 atom stereocenters. The van der Waals surface area contributed by atoms with Gasteiger partial charge in [0.15, 0.2) is 0 Å². The lowest BCUT2D eigenvalue weighted by Gasteiger charge is -2.09. The molecule has 1 aromatic rings. The van der Waals surface area contributed by atoms with Gasteiger partial charge < -0.3 is 17.2 Å². The van der Waals surface area contributed by atoms with Crippen LogP contribution in [0.25, 0.3) is 0 Å². The van der Waals surface area contributed by atoms with Crippen LogP contribution in [0.5, 0.6) is 0 Å². The smallest absolute Gasteiger partial charge is 0.248 e. The topological polar surface area (TPSA) is 95.1 Å². The number of primary amides is 1. The molecule has 1 amide bonds. The van der Waals surface area contributed by atoms with Crippen LogP contribution >= 0.6 is 0 Å². The molecule has 4 heteroatoms. The highest BCUT2D eigenvalue weighted by Crippen LogP contribution is 2.10. The van der Waals surface area contributed by atoms with Crippen molar-refractivity contribution in [2.24, 2.45) is 17.2 Å². The van der Waals surface area contributed by atoms with Gasteiger partial charge in [0.2, 0.25) is 5.91 Å². The second-order valence-electron chi connectivity index (χ2n) is 2.83. The van der Waals surface area contributed by atoms with Crippen molar-refractivity contribution in [3.63, 3.8) is 0 Å². The molecule has 0 unspecified atom stereocenters. The number of hydrogen-bond acceptors (Lipinski definition) is 3. The Hall–Kier alpha value is -1.39. The van der Waals surface area contributed by atoms with Crippen molar-refractivity contribution in [1.82, 2.24) is 0 Å². The molecule has 1 rings (SSSR count). The molecule has 0 aromatic heterocycles. The van der Waals surface area contributed by atoms with E-state index in [1.807, 2.05) is 6.07 Å². The van der Waals surface area contributed by atoms with Crippen molar-refractivity contribution >= 4 is 5.91 Å². The normalized spacial score (nSPS) is 12.5. The molecule has 70 valence electrons. The Bertz CT molecular complexity index is 311. The number of rotatable bonds is 3. The average molecular weight is 179 g/mol. The molecule has 0 bridgehead atoms. The number of amides is 1. The SMILES string of the molecule is NC[C@H](N)c1cccc(C(N)=O)c1. The molecule has 1 aromatic carbocycles. The predicted octanol–water partition coefficient (Wildman–Crippen LogP) is -0.256. The van der Waals surface area contributed by atoms with Gasteiger partial charge in [0.25, 0.3) is 0 Å². The number of nitrogens with two attached hydrogens (primary N) is 3. The van der Waals surface area contributed by atoms with E-state index in [9.17, 15) is 4.79 Å². The zero-order chi connectivity index (χ0) is 9.84. The van der Waals surface area contributed by atoms with Crippen LogP contribution in [-0.4, -0.2) is 12.5 Å². The summed E-state index contributed by atoms with van der Waals surface area (Å²) in [5.74, 6) is -0.453. The van der Waals surface area contributed by atoms with Gasteiger partial charge in [-0.15, -0.1) is 0 Å². The molecule has 0 aliphatic heterocycles. The second kappa shape index (κ2) is 4.02. The lowest BCUT2D eigenvalue weighted by Crippen LogP contribution is -2.21. The second-order valence-corrected chi connectivity index (χ2v) is 2.83. The van der Waals surface area contributed by atoms with Gasteiger partial charge >= 0.3 is 0 Å². The first kappa shape index (κ1) is 9.70. The molecule has 0 aliphatic rings. The van der Waals surface area contributed by atoms with Gasteiger partial charge in [0, 0.05) is 18.2 Å². The minimum Gasteiger partial charge on any atom is -0.366 e. The van der Waals surface area contributed by atoms with Crippen molar-refractivity contribution in [3.8, 4) is 0 Å². The van der Waals surface area contributed by atoms with E-state index in [2.05, 4.69) is 0 Å². The molecule has 4 nitrogen and oxygen atoms in total. The minimum absolute atomic E-state index is 0.237. The van der Waals surface area contributed by atoms with Crippen molar-refractivity contribution in [2.75, 3.05) is 6.54 Å². The summed E-state index contributed by atoms with van der Waals surface area (Å²) in [5, 5.41) is 0. The molecule has 0 heterocycles. The highest BCUT2D eigenvalue weighted by atomic mass is 16.1. The van der Waals surface area contributed by atoms with Crippen LogP contribution in [0.2, 0.25) is 0 Å². The quantitative estimate of drug-likeness (QED) is 0.596. The summed E-state index contributed by atoms with van der Waals surface area (Å²) < 4.78 is 0. The van der Waals surface area contributed by atoms with E-state index in [4.69, 9.17) is 17.2 Å². The van der Waals surface area contributed by atoms with Crippen LogP contribution in [-0.2, 0) is 0 Å². The van der Waals surface area contributed by atoms with Crippen LogP contribution in [0.3, 0.4) is 0 Å². The molecule has 0 saturated carbocycles. The number of benzene rings is 1. The third kappa shape index (κ3) is 2.27. The molecule has 0 spiro atoms. The standard InChI is InChI=1S/C9H13N3O/c10-5-8(11)6-2-1-3-7(4-6)9(12)13/h1-4,8H,5,10-11H2,(H2,12,13)/t8-/m0/s1. The van der Waals surface area contributed by atoms with E-state index in [1.165, 1.54) is 0 Å². The monoisotopic (exact) mass is 179 g/mol. The van der Waals surface area contributed by atoms with Gasteiger partial charge in [-0.05, 0) is 17.7 Å². The van der Waals surface area contributed by atoms with Crippen LogP contribution in [0, 0.1) is 0 Å². The van der Waals surface area contributed by atoms with E-state index in [1.54, 1.807) is 18.2 Å². The number of hydrogen-bond donors (Lipinski definition) is 3. The lowest BCUT2D eigenvalue weighted by atomic mass is 10.0. The molecule has 6 N–H and O–H groups in total. The predicted molar refractivity (Wildman–Crippen MR) is 50.9 cm³/mol. The zero-order valence-corrected chi connectivity index (χ0v) is 7.23. The Morgan fingerprint density at radius 2 is 2.15 bits per heavy atom. The Labute approximate surface area is 76.7 Å². The maximum absolute atomic E-state index is 10.8. The maximum Gasteiger partial charge on any atom is 0.248 e. The Balaban J connectivity index is 2.98. The van der Waals surface area contributed by atoms with Gasteiger partial charge in [0.1, 0.15) is 0 Å². The summed E-state index contributed by atoms with van der Waals surface area (Å²) in [5.41, 5.74) is 17.5. The largest absolute Gasteiger partial charge is 0.366 e. The summed E-state index contributed by atoms with van der Waals surface area (Å²) in [6.07, 6.45) is 0. The van der Waals surface area contributed by atoms with Crippen LogP contribution in [0.4, 0.5) is 0 Å². The van der Waals surface area contributed by atoms with E-state index >= 15 is 0 Å². The average Bonchev–Trinajstić information content (AvgIpc) is 2.17. The van der Waals surface area contributed by atoms with Crippen molar-refractivity contribution in [3.05, 3.63) is 35.4 Å². The van der Waals surface area contributed by atoms with Gasteiger partial charge in [-0.1, -0.05) is 12.1 Å². The van der Waals surface area contributed by atoms with Gasteiger partial charge in [-0.2, -0.15) is 0 Å². The number of carbonyl (C=O) groups excluding carboxylic acids is 1. The lowest BCUT2D eigenvalue weighted by molar-refractivity contribution is 0.1000. The summed E-state index contributed by atoms with van der Waals surface area (Å²) in [6, 6.07) is 6.64. The summed E-state index contributed by atoms with van der Waals surface area (Å²) in [7, 11) is 0. The van der Waals surface area contributed by atoms with E-state index in [-0.39, 0.29) is 6.04 Å². The molecule has 0 radical (unpaired) electrons.